The van der Waals surface area contributed by atoms with E-state index in [1.165, 1.54) is 0 Å². The summed E-state index contributed by atoms with van der Waals surface area (Å²) in [6, 6.07) is 0. The quantitative estimate of drug-likeness (QED) is 0.450. The zero-order valence-electron chi connectivity index (χ0n) is 11.3. The maximum atomic E-state index is 9.13. The van der Waals surface area contributed by atoms with Gasteiger partial charge in [-0.25, -0.2) is 0 Å². The smallest absolute Gasteiger partial charge is 0.106 e. The van der Waals surface area contributed by atoms with Crippen LogP contribution in [0.15, 0.2) is 0 Å². The predicted octanol–water partition coefficient (Wildman–Crippen LogP) is -0.186. The van der Waals surface area contributed by atoms with Gasteiger partial charge >= 0.3 is 0 Å². The molecule has 0 aromatic carbocycles. The third-order valence-corrected chi connectivity index (χ3v) is 2.30. The highest BCUT2D eigenvalue weighted by Gasteiger charge is 2.16. The van der Waals surface area contributed by atoms with Gasteiger partial charge in [0.2, 0.25) is 0 Å². The minimum absolute atomic E-state index is 0.0244. The second-order valence-electron chi connectivity index (χ2n) is 3.70. The molecule has 0 amide bonds. The Labute approximate surface area is 109 Å². The number of hydrogen-bond donors (Lipinski definition) is 2. The van der Waals surface area contributed by atoms with Gasteiger partial charge in [0.25, 0.3) is 0 Å². The van der Waals surface area contributed by atoms with Gasteiger partial charge in [0, 0.05) is 6.61 Å². The van der Waals surface area contributed by atoms with E-state index >= 15 is 0 Å². The van der Waals surface area contributed by atoms with E-state index in [1.54, 1.807) is 0 Å². The molecule has 0 saturated heterocycles. The highest BCUT2D eigenvalue weighted by atomic mass is 16.6. The zero-order valence-corrected chi connectivity index (χ0v) is 11.3. The van der Waals surface area contributed by atoms with Gasteiger partial charge in [-0.1, -0.05) is 0 Å². The van der Waals surface area contributed by atoms with Gasteiger partial charge in [-0.15, -0.1) is 0 Å². The minimum atomic E-state index is -0.320. The topological polar surface area (TPSA) is 77.4 Å². The Morgan fingerprint density at radius 1 is 0.889 bits per heavy atom. The molecule has 0 spiro atoms. The third kappa shape index (κ3) is 9.76. The van der Waals surface area contributed by atoms with Gasteiger partial charge in [0.15, 0.2) is 0 Å². The highest BCUT2D eigenvalue weighted by Crippen LogP contribution is 2.03. The maximum Gasteiger partial charge on any atom is 0.106 e. The molecule has 2 N–H and O–H groups in total. The molecule has 6 heteroatoms. The Morgan fingerprint density at radius 2 is 1.50 bits per heavy atom. The number of hydrogen-bond acceptors (Lipinski definition) is 6. The molecule has 6 nitrogen and oxygen atoms in total. The van der Waals surface area contributed by atoms with Crippen LogP contribution in [0, 0.1) is 0 Å². The average molecular weight is 266 g/mol. The largest absolute Gasteiger partial charge is 0.394 e. The van der Waals surface area contributed by atoms with Crippen molar-refractivity contribution in [1.82, 2.24) is 0 Å². The highest BCUT2D eigenvalue weighted by molar-refractivity contribution is 4.64. The van der Waals surface area contributed by atoms with Gasteiger partial charge in [0.1, 0.15) is 6.10 Å². The van der Waals surface area contributed by atoms with Crippen molar-refractivity contribution in [2.75, 3.05) is 52.9 Å². The summed E-state index contributed by atoms with van der Waals surface area (Å²) in [4.78, 5) is 0. The van der Waals surface area contributed by atoms with E-state index in [9.17, 15) is 0 Å². The summed E-state index contributed by atoms with van der Waals surface area (Å²) in [5, 5.41) is 17.6. The Morgan fingerprint density at radius 3 is 2.06 bits per heavy atom. The minimum Gasteiger partial charge on any atom is -0.394 e. The van der Waals surface area contributed by atoms with Gasteiger partial charge in [-0.2, -0.15) is 0 Å². The second-order valence-corrected chi connectivity index (χ2v) is 3.70. The first-order valence-corrected chi connectivity index (χ1v) is 6.36. The monoisotopic (exact) mass is 266 g/mol. The van der Waals surface area contributed by atoms with Crippen LogP contribution in [0.3, 0.4) is 0 Å². The van der Waals surface area contributed by atoms with E-state index in [-0.39, 0.29) is 25.4 Å². The van der Waals surface area contributed by atoms with Crippen molar-refractivity contribution < 1.29 is 29.2 Å². The first-order valence-electron chi connectivity index (χ1n) is 6.36. The molecule has 0 aromatic rings. The van der Waals surface area contributed by atoms with Crippen LogP contribution in [-0.4, -0.2) is 75.3 Å². The van der Waals surface area contributed by atoms with Crippen LogP contribution in [0.1, 0.15) is 13.8 Å². The summed E-state index contributed by atoms with van der Waals surface area (Å²) in [5.41, 5.74) is 0. The summed E-state index contributed by atoms with van der Waals surface area (Å²) in [7, 11) is 0. The van der Waals surface area contributed by atoms with E-state index in [0.29, 0.717) is 39.6 Å². The summed E-state index contributed by atoms with van der Waals surface area (Å²) < 4.78 is 21.1. The number of aliphatic hydroxyl groups excluding tert-OH is 2. The molecular formula is C12H26O6. The molecule has 110 valence electrons. The van der Waals surface area contributed by atoms with Gasteiger partial charge < -0.3 is 29.2 Å². The number of rotatable bonds is 13. The van der Waals surface area contributed by atoms with Crippen molar-refractivity contribution in [3.8, 4) is 0 Å². The molecule has 0 rings (SSSR count). The van der Waals surface area contributed by atoms with Crippen molar-refractivity contribution in [3.63, 3.8) is 0 Å². The molecule has 0 aliphatic heterocycles. The number of ether oxygens (including phenoxy) is 4. The summed E-state index contributed by atoms with van der Waals surface area (Å²) in [6.45, 7) is 6.43. The summed E-state index contributed by atoms with van der Waals surface area (Å²) in [5.74, 6) is 0. The predicted molar refractivity (Wildman–Crippen MR) is 66.6 cm³/mol. The SMILES string of the molecule is CCOC(C)C(CO)OCCOCCOCCO. The fourth-order valence-corrected chi connectivity index (χ4v) is 1.35. The lowest BCUT2D eigenvalue weighted by atomic mass is 10.2. The maximum absolute atomic E-state index is 9.13. The van der Waals surface area contributed by atoms with Crippen molar-refractivity contribution in [1.29, 1.82) is 0 Å². The molecular weight excluding hydrogens is 240 g/mol. The molecule has 0 bridgehead atoms. The Hall–Kier alpha value is -0.240. The molecule has 0 saturated carbocycles. The molecule has 0 aromatic heterocycles. The van der Waals surface area contributed by atoms with Gasteiger partial charge in [-0.3, -0.25) is 0 Å². The first kappa shape index (κ1) is 17.8. The standard InChI is InChI=1S/C12H26O6/c1-3-17-11(2)12(10-14)18-9-8-16-7-6-15-5-4-13/h11-14H,3-10H2,1-2H3. The molecule has 0 radical (unpaired) electrons. The molecule has 0 aliphatic rings. The molecule has 2 unspecified atom stereocenters. The van der Waals surface area contributed by atoms with E-state index in [2.05, 4.69) is 0 Å². The first-order chi connectivity index (χ1) is 8.76. The van der Waals surface area contributed by atoms with Crippen molar-refractivity contribution in [2.24, 2.45) is 0 Å². The third-order valence-electron chi connectivity index (χ3n) is 2.30. The zero-order chi connectivity index (χ0) is 13.6. The normalized spacial score (nSPS) is 14.7. The van der Waals surface area contributed by atoms with Gasteiger partial charge in [-0.05, 0) is 13.8 Å². The van der Waals surface area contributed by atoms with Crippen LogP contribution in [0.5, 0.6) is 0 Å². The molecule has 0 aliphatic carbocycles. The van der Waals surface area contributed by atoms with Gasteiger partial charge in [0.05, 0.1) is 52.4 Å². The van der Waals surface area contributed by atoms with Crippen molar-refractivity contribution in [3.05, 3.63) is 0 Å². The van der Waals surface area contributed by atoms with Crippen LogP contribution in [-0.2, 0) is 18.9 Å². The Balaban J connectivity index is 3.39. The number of aliphatic hydroxyl groups is 2. The van der Waals surface area contributed by atoms with Crippen molar-refractivity contribution in [2.45, 2.75) is 26.1 Å². The summed E-state index contributed by atoms with van der Waals surface area (Å²) in [6.07, 6.45) is -0.452. The average Bonchev–Trinajstić information content (AvgIpc) is 2.37. The Kier molecular flexibility index (Phi) is 13.0. The molecule has 2 atom stereocenters. The van der Waals surface area contributed by atoms with Crippen LogP contribution in [0.2, 0.25) is 0 Å². The molecule has 0 heterocycles. The lowest BCUT2D eigenvalue weighted by Gasteiger charge is -2.22. The van der Waals surface area contributed by atoms with Crippen LogP contribution >= 0.6 is 0 Å². The second kappa shape index (κ2) is 13.2. The Bertz CT molecular complexity index is 167. The van der Waals surface area contributed by atoms with E-state index < -0.39 is 0 Å². The van der Waals surface area contributed by atoms with Crippen LogP contribution in [0.25, 0.3) is 0 Å². The lowest BCUT2D eigenvalue weighted by Crippen LogP contribution is -2.33. The molecule has 0 fully saturated rings. The van der Waals surface area contributed by atoms with Crippen LogP contribution in [0.4, 0.5) is 0 Å². The van der Waals surface area contributed by atoms with E-state index in [1.807, 2.05) is 13.8 Å². The fraction of sp³-hybridized carbons (Fsp3) is 1.00. The fourth-order valence-electron chi connectivity index (χ4n) is 1.35. The van der Waals surface area contributed by atoms with E-state index in [4.69, 9.17) is 29.2 Å². The summed E-state index contributed by atoms with van der Waals surface area (Å²) >= 11 is 0. The van der Waals surface area contributed by atoms with Crippen LogP contribution < -0.4 is 0 Å². The molecule has 18 heavy (non-hydrogen) atoms. The van der Waals surface area contributed by atoms with E-state index in [0.717, 1.165) is 0 Å². The van der Waals surface area contributed by atoms with Crippen molar-refractivity contribution >= 4 is 0 Å². The lowest BCUT2D eigenvalue weighted by molar-refractivity contribution is -0.0948.